The molecule has 2 rings (SSSR count). The third kappa shape index (κ3) is 4.09. The van der Waals surface area contributed by atoms with Crippen LogP contribution in [-0.4, -0.2) is 42.3 Å². The summed E-state index contributed by atoms with van der Waals surface area (Å²) >= 11 is 0. The topological polar surface area (TPSA) is 90.9 Å². The third-order valence-corrected chi connectivity index (χ3v) is 3.31. The standard InChI is InChI=1S/C14H19N3O4/c1-21-12-9-10(5-6-11(12)13(18)19)15-14(20)16-17-7-3-2-4-8-17/h5-6,9H,2-4,7-8H2,1H3,(H,18,19)(H2,15,16,20). The van der Waals surface area contributed by atoms with Crippen LogP contribution in [0.1, 0.15) is 29.6 Å². The van der Waals surface area contributed by atoms with E-state index in [0.717, 1.165) is 25.9 Å². The molecule has 1 aromatic carbocycles. The first-order chi connectivity index (χ1) is 10.1. The lowest BCUT2D eigenvalue weighted by Crippen LogP contribution is -2.46. The van der Waals surface area contributed by atoms with Gasteiger partial charge >= 0.3 is 12.0 Å². The van der Waals surface area contributed by atoms with Gasteiger partial charge in [0.1, 0.15) is 11.3 Å². The van der Waals surface area contributed by atoms with E-state index in [9.17, 15) is 9.59 Å². The lowest BCUT2D eigenvalue weighted by atomic mass is 10.2. The van der Waals surface area contributed by atoms with E-state index in [2.05, 4.69) is 10.7 Å². The highest BCUT2D eigenvalue weighted by atomic mass is 16.5. The van der Waals surface area contributed by atoms with Crippen molar-refractivity contribution in [2.45, 2.75) is 19.3 Å². The Labute approximate surface area is 122 Å². The zero-order chi connectivity index (χ0) is 15.2. The Kier molecular flexibility index (Phi) is 4.99. The highest BCUT2D eigenvalue weighted by molar-refractivity contribution is 5.94. The average Bonchev–Trinajstić information content (AvgIpc) is 2.47. The molecule has 0 atom stereocenters. The van der Waals surface area contributed by atoms with E-state index in [1.165, 1.54) is 31.7 Å². The summed E-state index contributed by atoms with van der Waals surface area (Å²) in [5.74, 6) is -0.866. The van der Waals surface area contributed by atoms with Gasteiger partial charge in [-0.05, 0) is 25.0 Å². The summed E-state index contributed by atoms with van der Waals surface area (Å²) in [7, 11) is 1.39. The lowest BCUT2D eigenvalue weighted by Gasteiger charge is -2.26. The molecular formula is C14H19N3O4. The number of rotatable bonds is 4. The number of carbonyl (C=O) groups excluding carboxylic acids is 1. The van der Waals surface area contributed by atoms with E-state index in [0.29, 0.717) is 5.69 Å². The number of nitrogens with zero attached hydrogens (tertiary/aromatic N) is 1. The second-order valence-electron chi connectivity index (χ2n) is 4.83. The van der Waals surface area contributed by atoms with Gasteiger partial charge in [0, 0.05) is 24.8 Å². The molecule has 1 saturated heterocycles. The number of amides is 2. The Morgan fingerprint density at radius 1 is 1.24 bits per heavy atom. The number of carboxylic acid groups (broad SMARTS) is 1. The van der Waals surface area contributed by atoms with Crippen LogP contribution in [-0.2, 0) is 0 Å². The molecule has 3 N–H and O–H groups in total. The number of urea groups is 1. The molecule has 7 heteroatoms. The summed E-state index contributed by atoms with van der Waals surface area (Å²) in [5, 5.41) is 13.5. The Morgan fingerprint density at radius 2 is 1.95 bits per heavy atom. The van der Waals surface area contributed by atoms with Crippen LogP contribution in [0.5, 0.6) is 5.75 Å². The molecule has 1 aromatic rings. The highest BCUT2D eigenvalue weighted by Crippen LogP contribution is 2.23. The van der Waals surface area contributed by atoms with E-state index in [1.54, 1.807) is 0 Å². The molecule has 2 amide bonds. The van der Waals surface area contributed by atoms with Crippen LogP contribution in [0.3, 0.4) is 0 Å². The molecule has 0 spiro atoms. The number of piperidine rings is 1. The molecule has 0 aromatic heterocycles. The van der Waals surface area contributed by atoms with Crippen molar-refractivity contribution in [3.63, 3.8) is 0 Å². The number of carbonyl (C=O) groups is 2. The molecule has 1 heterocycles. The van der Waals surface area contributed by atoms with Crippen molar-refractivity contribution in [2.24, 2.45) is 0 Å². The first-order valence-corrected chi connectivity index (χ1v) is 6.84. The first-order valence-electron chi connectivity index (χ1n) is 6.84. The van der Waals surface area contributed by atoms with Crippen molar-refractivity contribution < 1.29 is 19.4 Å². The van der Waals surface area contributed by atoms with Crippen molar-refractivity contribution in [3.8, 4) is 5.75 Å². The molecule has 21 heavy (non-hydrogen) atoms. The monoisotopic (exact) mass is 293 g/mol. The normalized spacial score (nSPS) is 15.3. The maximum atomic E-state index is 11.9. The van der Waals surface area contributed by atoms with Gasteiger partial charge in [0.2, 0.25) is 0 Å². The number of aromatic carboxylic acids is 1. The van der Waals surface area contributed by atoms with Gasteiger partial charge < -0.3 is 15.2 Å². The molecule has 0 radical (unpaired) electrons. The Bertz CT molecular complexity index is 527. The van der Waals surface area contributed by atoms with Crippen molar-refractivity contribution >= 4 is 17.7 Å². The number of methoxy groups -OCH3 is 1. The molecule has 0 saturated carbocycles. The second-order valence-corrected chi connectivity index (χ2v) is 4.83. The number of hydrogen-bond donors (Lipinski definition) is 3. The number of hydrazine groups is 1. The van der Waals surface area contributed by atoms with Gasteiger partial charge in [0.05, 0.1) is 7.11 Å². The van der Waals surface area contributed by atoms with Crippen LogP contribution in [0, 0.1) is 0 Å². The summed E-state index contributed by atoms with van der Waals surface area (Å²) in [6, 6.07) is 4.07. The van der Waals surface area contributed by atoms with Crippen molar-refractivity contribution in [1.82, 2.24) is 10.4 Å². The van der Waals surface area contributed by atoms with Gasteiger partial charge in [-0.2, -0.15) is 0 Å². The fourth-order valence-electron chi connectivity index (χ4n) is 2.25. The maximum absolute atomic E-state index is 11.9. The summed E-state index contributed by atoms with van der Waals surface area (Å²) in [6.45, 7) is 1.68. The van der Waals surface area contributed by atoms with Crippen LogP contribution in [0.4, 0.5) is 10.5 Å². The minimum atomic E-state index is -1.07. The minimum Gasteiger partial charge on any atom is -0.496 e. The number of benzene rings is 1. The Balaban J connectivity index is 1.98. The van der Waals surface area contributed by atoms with Crippen LogP contribution < -0.4 is 15.5 Å². The van der Waals surface area contributed by atoms with Gasteiger partial charge in [-0.1, -0.05) is 6.42 Å². The molecule has 7 nitrogen and oxygen atoms in total. The van der Waals surface area contributed by atoms with Crippen LogP contribution >= 0.6 is 0 Å². The number of nitrogens with one attached hydrogen (secondary N) is 2. The lowest BCUT2D eigenvalue weighted by molar-refractivity contribution is 0.0693. The Hall–Kier alpha value is -2.28. The van der Waals surface area contributed by atoms with Crippen molar-refractivity contribution in [2.75, 3.05) is 25.5 Å². The summed E-state index contributed by atoms with van der Waals surface area (Å²) < 4.78 is 5.02. The maximum Gasteiger partial charge on any atom is 0.339 e. The quantitative estimate of drug-likeness (QED) is 0.789. The zero-order valence-corrected chi connectivity index (χ0v) is 11.9. The average molecular weight is 293 g/mol. The first kappa shape index (κ1) is 15.1. The molecule has 1 fully saturated rings. The minimum absolute atomic E-state index is 0.0551. The van der Waals surface area contributed by atoms with Gasteiger partial charge in [-0.15, -0.1) is 0 Å². The molecule has 0 aliphatic carbocycles. The molecule has 114 valence electrons. The molecule has 0 unspecified atom stereocenters. The predicted molar refractivity (Wildman–Crippen MR) is 77.5 cm³/mol. The van der Waals surface area contributed by atoms with Gasteiger partial charge in [-0.3, -0.25) is 5.43 Å². The van der Waals surface area contributed by atoms with Crippen molar-refractivity contribution in [3.05, 3.63) is 23.8 Å². The van der Waals surface area contributed by atoms with Crippen LogP contribution in [0.25, 0.3) is 0 Å². The molecule has 1 aliphatic rings. The number of hydrogen-bond acceptors (Lipinski definition) is 4. The zero-order valence-electron chi connectivity index (χ0n) is 11.9. The van der Waals surface area contributed by atoms with Crippen LogP contribution in [0.15, 0.2) is 18.2 Å². The van der Waals surface area contributed by atoms with E-state index in [4.69, 9.17) is 9.84 Å². The predicted octanol–water partition coefficient (Wildman–Crippen LogP) is 1.92. The van der Waals surface area contributed by atoms with Crippen LogP contribution in [0.2, 0.25) is 0 Å². The number of carboxylic acids is 1. The fraction of sp³-hybridized carbons (Fsp3) is 0.429. The number of ether oxygens (including phenoxy) is 1. The largest absolute Gasteiger partial charge is 0.496 e. The van der Waals surface area contributed by atoms with E-state index >= 15 is 0 Å². The number of anilines is 1. The highest BCUT2D eigenvalue weighted by Gasteiger charge is 2.15. The van der Waals surface area contributed by atoms with Gasteiger partial charge in [-0.25, -0.2) is 14.6 Å². The van der Waals surface area contributed by atoms with E-state index in [-0.39, 0.29) is 17.3 Å². The molecule has 1 aliphatic heterocycles. The molecule has 0 bridgehead atoms. The van der Waals surface area contributed by atoms with Gasteiger partial charge in [0.25, 0.3) is 0 Å². The van der Waals surface area contributed by atoms with E-state index in [1.807, 2.05) is 5.01 Å². The summed E-state index contributed by atoms with van der Waals surface area (Å²) in [6.07, 6.45) is 3.33. The Morgan fingerprint density at radius 3 is 2.57 bits per heavy atom. The van der Waals surface area contributed by atoms with Gasteiger partial charge in [0.15, 0.2) is 0 Å². The second kappa shape index (κ2) is 6.94. The smallest absolute Gasteiger partial charge is 0.339 e. The third-order valence-electron chi connectivity index (χ3n) is 3.31. The summed E-state index contributed by atoms with van der Waals surface area (Å²) in [5.41, 5.74) is 3.30. The SMILES string of the molecule is COc1cc(NC(=O)NN2CCCCC2)ccc1C(=O)O. The van der Waals surface area contributed by atoms with Crippen molar-refractivity contribution in [1.29, 1.82) is 0 Å². The fourth-order valence-corrected chi connectivity index (χ4v) is 2.25. The van der Waals surface area contributed by atoms with E-state index < -0.39 is 5.97 Å². The summed E-state index contributed by atoms with van der Waals surface area (Å²) in [4.78, 5) is 22.9. The molecular weight excluding hydrogens is 274 g/mol.